The van der Waals surface area contributed by atoms with Crippen molar-refractivity contribution in [3.8, 4) is 11.5 Å². The molecule has 0 bridgehead atoms. The molecule has 2 aliphatic heterocycles. The predicted molar refractivity (Wildman–Crippen MR) is 173 cm³/mol. The fourth-order valence-corrected chi connectivity index (χ4v) is 8.87. The SMILES string of the molecule is COc1cc(Br)cc(C2C3=CCC4C(=O)N(O)C(=O)C4C3CC3C(=O)N(Nc4ncc(C(F)(F)F)cc4Cl)C(=O)C32c2ccc(Cl)cc2)c1O. The molecule has 1 aromatic heterocycles. The Morgan fingerprint density at radius 1 is 1.04 bits per heavy atom. The number of phenolic OH excluding ortho intramolecular Hbond substituents is 1. The molecular weight excluding hydrogens is 772 g/mol. The third-order valence-corrected chi connectivity index (χ3v) is 11.1. The number of hydrazine groups is 1. The molecule has 0 radical (unpaired) electrons. The number of carbonyl (C=O) groups excluding carboxylic acids is 4. The van der Waals surface area contributed by atoms with Gasteiger partial charge >= 0.3 is 6.18 Å². The van der Waals surface area contributed by atoms with E-state index in [0.717, 1.165) is 0 Å². The first kappa shape index (κ1) is 34.3. The topological polar surface area (TPSA) is 149 Å². The van der Waals surface area contributed by atoms with Crippen molar-refractivity contribution < 1.29 is 47.4 Å². The van der Waals surface area contributed by atoms with Gasteiger partial charge in [0.05, 0.1) is 40.9 Å². The number of aromatic hydroxyl groups is 1. The molecule has 11 nitrogen and oxygen atoms in total. The third-order valence-electron chi connectivity index (χ3n) is 10.1. The Labute approximate surface area is 299 Å². The number of phenols is 1. The molecule has 260 valence electrons. The monoisotopic (exact) mass is 794 g/mol. The highest BCUT2D eigenvalue weighted by atomic mass is 79.9. The summed E-state index contributed by atoms with van der Waals surface area (Å²) in [4.78, 5) is 59.8. The summed E-state index contributed by atoms with van der Waals surface area (Å²) < 4.78 is 46.0. The fraction of sp³-hybridized carbons (Fsp3) is 0.303. The molecule has 3 heterocycles. The minimum atomic E-state index is -4.77. The van der Waals surface area contributed by atoms with Crippen LogP contribution in [-0.4, -0.2) is 56.1 Å². The molecule has 50 heavy (non-hydrogen) atoms. The number of ether oxygens (including phenoxy) is 1. The number of amides is 4. The Hall–Kier alpha value is -4.18. The van der Waals surface area contributed by atoms with E-state index in [1.165, 1.54) is 25.3 Å². The van der Waals surface area contributed by atoms with Crippen molar-refractivity contribution in [3.05, 3.63) is 91.5 Å². The van der Waals surface area contributed by atoms with Crippen molar-refractivity contribution in [2.24, 2.45) is 23.7 Å². The first-order chi connectivity index (χ1) is 23.6. The molecule has 0 spiro atoms. The number of alkyl halides is 3. The van der Waals surface area contributed by atoms with Gasteiger partial charge in [0.15, 0.2) is 17.3 Å². The summed E-state index contributed by atoms with van der Waals surface area (Å²) >= 11 is 15.9. The number of pyridine rings is 1. The number of hydrogen-bond acceptors (Lipinski definition) is 9. The number of allylic oxidation sites excluding steroid dienone is 2. The molecule has 2 aromatic carbocycles. The zero-order valence-corrected chi connectivity index (χ0v) is 28.6. The minimum Gasteiger partial charge on any atom is -0.504 e. The summed E-state index contributed by atoms with van der Waals surface area (Å²) in [5, 5.41) is 22.5. The first-order valence-corrected chi connectivity index (χ1v) is 16.6. The number of imide groups is 2. The molecule has 7 rings (SSSR count). The summed E-state index contributed by atoms with van der Waals surface area (Å²) in [6.45, 7) is 0. The molecule has 4 aliphatic rings. The van der Waals surface area contributed by atoms with Crippen molar-refractivity contribution in [2.45, 2.75) is 30.4 Å². The minimum absolute atomic E-state index is 0.0110. The smallest absolute Gasteiger partial charge is 0.417 e. The average molecular weight is 796 g/mol. The molecule has 6 atom stereocenters. The second-order valence-electron chi connectivity index (χ2n) is 12.5. The van der Waals surface area contributed by atoms with Crippen LogP contribution in [0.2, 0.25) is 10.0 Å². The van der Waals surface area contributed by atoms with E-state index in [1.54, 1.807) is 24.3 Å². The lowest BCUT2D eigenvalue weighted by molar-refractivity contribution is -0.173. The Balaban J connectivity index is 1.48. The Kier molecular flexibility index (Phi) is 8.20. The molecule has 2 saturated heterocycles. The summed E-state index contributed by atoms with van der Waals surface area (Å²) in [5.41, 5.74) is 0.386. The van der Waals surface area contributed by atoms with E-state index in [9.17, 15) is 37.9 Å². The van der Waals surface area contributed by atoms with Crippen LogP contribution in [0.1, 0.15) is 35.4 Å². The summed E-state index contributed by atoms with van der Waals surface area (Å²) in [7, 11) is 1.33. The summed E-state index contributed by atoms with van der Waals surface area (Å²) in [6.07, 6.45) is -2.73. The normalized spacial score (nSPS) is 27.6. The van der Waals surface area contributed by atoms with E-state index in [1.807, 2.05) is 0 Å². The van der Waals surface area contributed by atoms with Crippen LogP contribution in [0.5, 0.6) is 11.5 Å². The van der Waals surface area contributed by atoms with E-state index in [2.05, 4.69) is 26.3 Å². The van der Waals surface area contributed by atoms with Crippen LogP contribution >= 0.6 is 39.1 Å². The quantitative estimate of drug-likeness (QED) is 0.155. The maximum absolute atomic E-state index is 15.1. The van der Waals surface area contributed by atoms with Crippen molar-refractivity contribution in [1.82, 2.24) is 15.1 Å². The molecule has 3 N–H and O–H groups in total. The maximum Gasteiger partial charge on any atom is 0.417 e. The van der Waals surface area contributed by atoms with Gasteiger partial charge in [0.2, 0.25) is 0 Å². The van der Waals surface area contributed by atoms with E-state index < -0.39 is 81.2 Å². The van der Waals surface area contributed by atoms with Crippen LogP contribution in [0, 0.1) is 23.7 Å². The van der Waals surface area contributed by atoms with Crippen LogP contribution < -0.4 is 10.2 Å². The van der Waals surface area contributed by atoms with Gasteiger partial charge in [-0.15, -0.1) is 0 Å². The van der Waals surface area contributed by atoms with Gasteiger partial charge in [0, 0.05) is 27.2 Å². The molecule has 6 unspecified atom stereocenters. The van der Waals surface area contributed by atoms with E-state index >= 15 is 4.79 Å². The zero-order chi connectivity index (χ0) is 36.0. The van der Waals surface area contributed by atoms with Gasteiger partial charge in [0.25, 0.3) is 23.6 Å². The van der Waals surface area contributed by atoms with Crippen molar-refractivity contribution in [3.63, 3.8) is 0 Å². The Morgan fingerprint density at radius 3 is 2.38 bits per heavy atom. The highest BCUT2D eigenvalue weighted by molar-refractivity contribution is 9.10. The number of benzene rings is 2. The summed E-state index contributed by atoms with van der Waals surface area (Å²) in [5.74, 6) is -9.53. The molecule has 1 saturated carbocycles. The van der Waals surface area contributed by atoms with Gasteiger partial charge < -0.3 is 9.84 Å². The number of hydrogen-bond donors (Lipinski definition) is 3. The molecule has 17 heteroatoms. The van der Waals surface area contributed by atoms with E-state index in [4.69, 9.17) is 27.9 Å². The lowest BCUT2D eigenvalue weighted by atomic mass is 9.49. The van der Waals surface area contributed by atoms with Gasteiger partial charge in [-0.2, -0.15) is 23.2 Å². The highest BCUT2D eigenvalue weighted by Crippen LogP contribution is 2.65. The molecule has 3 fully saturated rings. The van der Waals surface area contributed by atoms with Crippen molar-refractivity contribution in [2.75, 3.05) is 12.5 Å². The number of methoxy groups -OCH3 is 1. The second-order valence-corrected chi connectivity index (χ2v) is 14.2. The van der Waals surface area contributed by atoms with Gasteiger partial charge in [-0.3, -0.25) is 29.8 Å². The number of halogens is 6. The van der Waals surface area contributed by atoms with Gasteiger partial charge in [-0.05, 0) is 54.7 Å². The highest BCUT2D eigenvalue weighted by Gasteiger charge is 2.71. The van der Waals surface area contributed by atoms with Crippen molar-refractivity contribution >= 4 is 68.6 Å². The van der Waals surface area contributed by atoms with Gasteiger partial charge in [-0.25, -0.2) is 4.98 Å². The van der Waals surface area contributed by atoms with Crippen molar-refractivity contribution in [1.29, 1.82) is 0 Å². The molecule has 3 aromatic rings. The predicted octanol–water partition coefficient (Wildman–Crippen LogP) is 6.26. The third kappa shape index (κ3) is 4.92. The van der Waals surface area contributed by atoms with Crippen LogP contribution in [0.25, 0.3) is 0 Å². The number of nitrogens with zero attached hydrogens (tertiary/aromatic N) is 3. The Bertz CT molecular complexity index is 2030. The van der Waals surface area contributed by atoms with Gasteiger partial charge in [-0.1, -0.05) is 62.9 Å². The number of aromatic nitrogens is 1. The van der Waals surface area contributed by atoms with Crippen LogP contribution in [0.3, 0.4) is 0 Å². The first-order valence-electron chi connectivity index (χ1n) is 15.1. The van der Waals surface area contributed by atoms with Crippen LogP contribution in [0.15, 0.2) is 64.8 Å². The number of nitrogens with one attached hydrogen (secondary N) is 1. The lowest BCUT2D eigenvalue weighted by Gasteiger charge is -2.50. The number of fused-ring (bicyclic) bond motifs is 4. The average Bonchev–Trinajstić information content (AvgIpc) is 3.42. The lowest BCUT2D eigenvalue weighted by Crippen LogP contribution is -2.53. The standard InChI is InChI=1S/C33H24BrCl2F3N4O7/c1-50-23-10-15(34)9-20(26(23)44)25-17-6-7-18-24(30(47)43(49)28(18)45)19(17)11-21-29(46)42(31(48)32(21,25)13-2-4-16(35)5-3-13)41-27-22(36)8-14(12-40-27)33(37,38)39/h2-6,8-10,12,18-19,21,24-25,44,49H,7,11H2,1H3,(H,40,41). The summed E-state index contributed by atoms with van der Waals surface area (Å²) in [6, 6.07) is 9.79. The van der Waals surface area contributed by atoms with E-state index in [-0.39, 0.29) is 35.0 Å². The number of carbonyl (C=O) groups is 4. The molecule has 2 aliphatic carbocycles. The number of rotatable bonds is 5. The van der Waals surface area contributed by atoms with Crippen LogP contribution in [0.4, 0.5) is 19.0 Å². The molecular formula is C33H24BrCl2F3N4O7. The zero-order valence-electron chi connectivity index (χ0n) is 25.5. The number of anilines is 1. The fourth-order valence-electron chi connectivity index (χ4n) is 8.08. The van der Waals surface area contributed by atoms with Gasteiger partial charge in [0.1, 0.15) is 0 Å². The Morgan fingerprint density at radius 2 is 1.74 bits per heavy atom. The second kappa shape index (κ2) is 12.0. The number of hydroxylamine groups is 2. The molecule has 4 amide bonds. The van der Waals surface area contributed by atoms with E-state index in [0.29, 0.717) is 37.9 Å². The van der Waals surface area contributed by atoms with Crippen LogP contribution in [-0.2, 0) is 30.8 Å². The maximum atomic E-state index is 15.1. The largest absolute Gasteiger partial charge is 0.504 e.